The van der Waals surface area contributed by atoms with E-state index in [0.29, 0.717) is 17.8 Å². The van der Waals surface area contributed by atoms with Gasteiger partial charge in [-0.1, -0.05) is 6.92 Å². The molecule has 0 aliphatic carbocycles. The molecule has 1 N–H and O–H groups in total. The van der Waals surface area contributed by atoms with Crippen molar-refractivity contribution >= 4 is 11.6 Å². The van der Waals surface area contributed by atoms with Crippen LogP contribution in [0.4, 0.5) is 0 Å². The number of hydrogen-bond acceptors (Lipinski definition) is 4. The average Bonchev–Trinajstić information content (AvgIpc) is 3.25. The standard InChI is InChI=1S/C19H24N6O2/c1-4-14-8-18(26)25-17(21-14)9-16(22-25)13-6-5-7-24(11-13)19(27)15-10-20-23(3)12(15)2/h8-10,13,22H,4-7,11H2,1-3H3/t13-/m0/s1. The van der Waals surface area contributed by atoms with Gasteiger partial charge in [-0.05, 0) is 26.2 Å². The number of rotatable bonds is 3. The van der Waals surface area contributed by atoms with E-state index in [2.05, 4.69) is 15.2 Å². The van der Waals surface area contributed by atoms with Crippen LogP contribution in [0.25, 0.3) is 5.65 Å². The summed E-state index contributed by atoms with van der Waals surface area (Å²) in [5.74, 6) is 0.177. The Labute approximate surface area is 156 Å². The summed E-state index contributed by atoms with van der Waals surface area (Å²) >= 11 is 0. The van der Waals surface area contributed by atoms with Crippen molar-refractivity contribution in [1.29, 1.82) is 0 Å². The Hall–Kier alpha value is -2.90. The van der Waals surface area contributed by atoms with E-state index in [0.717, 1.165) is 42.9 Å². The van der Waals surface area contributed by atoms with Crippen LogP contribution < -0.4 is 5.56 Å². The first-order valence-corrected chi connectivity index (χ1v) is 9.37. The third-order valence-electron chi connectivity index (χ3n) is 5.50. The van der Waals surface area contributed by atoms with E-state index in [4.69, 9.17) is 0 Å². The Morgan fingerprint density at radius 3 is 2.89 bits per heavy atom. The predicted octanol–water partition coefficient (Wildman–Crippen LogP) is 1.65. The second-order valence-corrected chi connectivity index (χ2v) is 7.20. The zero-order chi connectivity index (χ0) is 19.1. The van der Waals surface area contributed by atoms with Gasteiger partial charge in [-0.3, -0.25) is 19.4 Å². The van der Waals surface area contributed by atoms with Crippen molar-refractivity contribution in [3.8, 4) is 0 Å². The van der Waals surface area contributed by atoms with Crippen molar-refractivity contribution in [2.45, 2.75) is 39.0 Å². The van der Waals surface area contributed by atoms with Gasteiger partial charge in [-0.15, -0.1) is 0 Å². The molecule has 8 nitrogen and oxygen atoms in total. The summed E-state index contributed by atoms with van der Waals surface area (Å²) in [6, 6.07) is 3.50. The van der Waals surface area contributed by atoms with Crippen molar-refractivity contribution in [1.82, 2.24) is 29.3 Å². The van der Waals surface area contributed by atoms with Crippen LogP contribution in [-0.4, -0.2) is 48.3 Å². The maximum absolute atomic E-state index is 12.9. The molecule has 1 aliphatic rings. The van der Waals surface area contributed by atoms with Gasteiger partial charge in [0.2, 0.25) is 0 Å². The number of aromatic nitrogens is 5. The third kappa shape index (κ3) is 3.05. The van der Waals surface area contributed by atoms with Gasteiger partial charge in [-0.2, -0.15) is 5.10 Å². The minimum atomic E-state index is -0.0992. The van der Waals surface area contributed by atoms with E-state index < -0.39 is 0 Å². The number of carbonyl (C=O) groups is 1. The maximum atomic E-state index is 12.9. The molecule has 4 heterocycles. The van der Waals surface area contributed by atoms with Crippen molar-refractivity contribution < 1.29 is 4.79 Å². The molecule has 0 radical (unpaired) electrons. The Bertz CT molecular complexity index is 1060. The van der Waals surface area contributed by atoms with Gasteiger partial charge in [0.25, 0.3) is 11.5 Å². The summed E-state index contributed by atoms with van der Waals surface area (Å²) < 4.78 is 3.20. The van der Waals surface area contributed by atoms with Gasteiger partial charge in [0.1, 0.15) is 0 Å². The summed E-state index contributed by atoms with van der Waals surface area (Å²) in [5.41, 5.74) is 3.81. The van der Waals surface area contributed by atoms with Crippen molar-refractivity contribution in [2.24, 2.45) is 7.05 Å². The monoisotopic (exact) mass is 368 g/mol. The second kappa shape index (κ2) is 6.68. The summed E-state index contributed by atoms with van der Waals surface area (Å²) in [4.78, 5) is 31.6. The van der Waals surface area contributed by atoms with Crippen LogP contribution in [0.3, 0.4) is 0 Å². The van der Waals surface area contributed by atoms with Gasteiger partial charge >= 0.3 is 0 Å². The molecular formula is C19H24N6O2. The fourth-order valence-electron chi connectivity index (χ4n) is 3.74. The van der Waals surface area contributed by atoms with Gasteiger partial charge in [0.15, 0.2) is 5.65 Å². The van der Waals surface area contributed by atoms with Gasteiger partial charge < -0.3 is 4.90 Å². The zero-order valence-electron chi connectivity index (χ0n) is 15.9. The molecule has 1 saturated heterocycles. The first-order chi connectivity index (χ1) is 13.0. The molecule has 1 atom stereocenters. The largest absolute Gasteiger partial charge is 0.338 e. The predicted molar refractivity (Wildman–Crippen MR) is 101 cm³/mol. The minimum absolute atomic E-state index is 0.0185. The Morgan fingerprint density at radius 1 is 1.37 bits per heavy atom. The summed E-state index contributed by atoms with van der Waals surface area (Å²) in [7, 11) is 1.84. The molecule has 8 heteroatoms. The van der Waals surface area contributed by atoms with E-state index in [-0.39, 0.29) is 17.4 Å². The first-order valence-electron chi connectivity index (χ1n) is 9.37. The highest BCUT2D eigenvalue weighted by Crippen LogP contribution is 2.27. The number of carbonyl (C=O) groups excluding carboxylic acids is 1. The van der Waals surface area contributed by atoms with Crippen molar-refractivity contribution in [3.05, 3.63) is 51.3 Å². The number of H-pyrrole nitrogens is 1. The van der Waals surface area contributed by atoms with Crippen LogP contribution in [0.2, 0.25) is 0 Å². The fourth-order valence-corrected chi connectivity index (χ4v) is 3.74. The zero-order valence-corrected chi connectivity index (χ0v) is 15.9. The van der Waals surface area contributed by atoms with Gasteiger partial charge in [0.05, 0.1) is 11.8 Å². The van der Waals surface area contributed by atoms with Gasteiger partial charge in [0, 0.05) is 55.3 Å². The number of aromatic amines is 1. The number of nitrogens with zero attached hydrogens (tertiary/aromatic N) is 5. The van der Waals surface area contributed by atoms with Crippen LogP contribution in [0.5, 0.6) is 0 Å². The number of aryl methyl sites for hydroxylation is 2. The number of amides is 1. The van der Waals surface area contributed by atoms with E-state index in [1.54, 1.807) is 16.9 Å². The molecule has 0 unspecified atom stereocenters. The van der Waals surface area contributed by atoms with Crippen LogP contribution in [0, 0.1) is 6.92 Å². The molecule has 4 rings (SSSR count). The minimum Gasteiger partial charge on any atom is -0.338 e. The maximum Gasteiger partial charge on any atom is 0.272 e. The molecule has 1 amide bonds. The Morgan fingerprint density at radius 2 is 2.19 bits per heavy atom. The van der Waals surface area contributed by atoms with E-state index in [1.807, 2.05) is 31.9 Å². The smallest absolute Gasteiger partial charge is 0.272 e. The SMILES string of the molecule is CCc1cc(=O)n2[nH]c([C@H]3CCCN(C(=O)c4cnn(C)c4C)C3)cc2n1. The van der Waals surface area contributed by atoms with Crippen molar-refractivity contribution in [2.75, 3.05) is 13.1 Å². The quantitative estimate of drug-likeness (QED) is 0.761. The molecule has 1 fully saturated rings. The normalized spacial score (nSPS) is 17.6. The lowest BCUT2D eigenvalue weighted by molar-refractivity contribution is 0.0705. The van der Waals surface area contributed by atoms with E-state index >= 15 is 0 Å². The molecule has 142 valence electrons. The summed E-state index contributed by atoms with van der Waals surface area (Å²) in [6.45, 7) is 5.25. The van der Waals surface area contributed by atoms with Crippen LogP contribution >= 0.6 is 0 Å². The van der Waals surface area contributed by atoms with Crippen LogP contribution in [0.1, 0.15) is 53.1 Å². The summed E-state index contributed by atoms with van der Waals surface area (Å²) in [6.07, 6.45) is 4.26. The Balaban J connectivity index is 1.60. The molecule has 0 spiro atoms. The summed E-state index contributed by atoms with van der Waals surface area (Å²) in [5, 5.41) is 7.37. The molecule has 3 aromatic rings. The van der Waals surface area contributed by atoms with Crippen LogP contribution in [-0.2, 0) is 13.5 Å². The average molecular weight is 368 g/mol. The topological polar surface area (TPSA) is 88.3 Å². The lowest BCUT2D eigenvalue weighted by Crippen LogP contribution is -2.39. The van der Waals surface area contributed by atoms with Crippen molar-refractivity contribution in [3.63, 3.8) is 0 Å². The fraction of sp³-hybridized carbons (Fsp3) is 0.474. The third-order valence-corrected chi connectivity index (χ3v) is 5.50. The number of nitrogens with one attached hydrogen (secondary N) is 1. The number of piperidine rings is 1. The first kappa shape index (κ1) is 17.5. The number of likely N-dealkylation sites (tertiary alicyclic amines) is 1. The molecule has 3 aromatic heterocycles. The molecule has 1 aliphatic heterocycles. The van der Waals surface area contributed by atoms with Crippen LogP contribution in [0.15, 0.2) is 23.1 Å². The molecule has 0 bridgehead atoms. The Kier molecular flexibility index (Phi) is 4.33. The number of hydrogen-bond donors (Lipinski definition) is 1. The van der Waals surface area contributed by atoms with E-state index in [1.165, 1.54) is 4.52 Å². The molecule has 0 aromatic carbocycles. The molecular weight excluding hydrogens is 344 g/mol. The molecule has 0 saturated carbocycles. The highest BCUT2D eigenvalue weighted by atomic mass is 16.2. The molecule has 27 heavy (non-hydrogen) atoms. The van der Waals surface area contributed by atoms with E-state index in [9.17, 15) is 9.59 Å². The second-order valence-electron chi connectivity index (χ2n) is 7.20. The lowest BCUT2D eigenvalue weighted by atomic mass is 9.94. The number of fused-ring (bicyclic) bond motifs is 1. The van der Waals surface area contributed by atoms with Gasteiger partial charge in [-0.25, -0.2) is 9.50 Å². The lowest BCUT2D eigenvalue weighted by Gasteiger charge is -2.32. The highest BCUT2D eigenvalue weighted by molar-refractivity contribution is 5.95. The highest BCUT2D eigenvalue weighted by Gasteiger charge is 2.28.